The highest BCUT2D eigenvalue weighted by atomic mass is 35.5. The summed E-state index contributed by atoms with van der Waals surface area (Å²) in [4.78, 5) is 48.6. The van der Waals surface area contributed by atoms with E-state index in [2.05, 4.69) is 10.6 Å². The largest absolute Gasteiger partial charge is 0.481 e. The number of hydrogen-bond donors (Lipinski definition) is 5. The van der Waals surface area contributed by atoms with Crippen molar-refractivity contribution in [3.05, 3.63) is 58.6 Å². The summed E-state index contributed by atoms with van der Waals surface area (Å²) in [6.45, 7) is 0.841. The number of hydrogen-bond acceptors (Lipinski definition) is 6. The number of urea groups is 1. The van der Waals surface area contributed by atoms with Crippen LogP contribution in [0.2, 0.25) is 10.0 Å². The zero-order chi connectivity index (χ0) is 25.5. The van der Waals surface area contributed by atoms with Gasteiger partial charge in [0.05, 0.1) is 6.54 Å². The third kappa shape index (κ3) is 7.62. The van der Waals surface area contributed by atoms with Crippen LogP contribution in [0.4, 0.5) is 10.5 Å². The number of aliphatic carboxylic acids is 2. The van der Waals surface area contributed by atoms with Crippen molar-refractivity contribution in [2.75, 3.05) is 11.9 Å². The molecule has 0 spiro atoms. The van der Waals surface area contributed by atoms with E-state index in [1.54, 1.807) is 30.3 Å². The first-order chi connectivity index (χ1) is 15.9. The highest BCUT2D eigenvalue weighted by Gasteiger charge is 2.44. The Bertz CT molecular complexity index is 1050. The molecule has 2 aromatic carbocycles. The van der Waals surface area contributed by atoms with Crippen LogP contribution >= 0.6 is 23.2 Å². The molecule has 12 heteroatoms. The van der Waals surface area contributed by atoms with Crippen molar-refractivity contribution in [2.45, 2.75) is 25.0 Å². The van der Waals surface area contributed by atoms with Gasteiger partial charge in [0.15, 0.2) is 11.4 Å². The lowest BCUT2D eigenvalue weighted by Gasteiger charge is -2.32. The molecule has 34 heavy (non-hydrogen) atoms. The van der Waals surface area contributed by atoms with Crippen molar-refractivity contribution in [1.82, 2.24) is 5.32 Å². The van der Waals surface area contributed by atoms with E-state index in [1.165, 1.54) is 25.1 Å². The van der Waals surface area contributed by atoms with Crippen LogP contribution in [-0.4, -0.2) is 52.2 Å². The average molecular weight is 512 g/mol. The number of ether oxygens (including phenoxy) is 1. The fourth-order valence-corrected chi connectivity index (χ4v) is 3.54. The molecule has 0 aliphatic rings. The van der Waals surface area contributed by atoms with Crippen molar-refractivity contribution in [1.29, 1.82) is 0 Å². The monoisotopic (exact) mass is 511 g/mol. The van der Waals surface area contributed by atoms with Gasteiger partial charge in [-0.2, -0.15) is 0 Å². The van der Waals surface area contributed by atoms with Crippen LogP contribution in [0.5, 0.6) is 5.75 Å². The second-order valence-corrected chi connectivity index (χ2v) is 8.42. The zero-order valence-electron chi connectivity index (χ0n) is 18.0. The molecule has 10 nitrogen and oxygen atoms in total. The van der Waals surface area contributed by atoms with Gasteiger partial charge < -0.3 is 31.3 Å². The van der Waals surface area contributed by atoms with Crippen LogP contribution in [0.15, 0.2) is 48.5 Å². The average Bonchev–Trinajstić information content (AvgIpc) is 2.75. The van der Waals surface area contributed by atoms with Gasteiger partial charge in [-0.1, -0.05) is 41.4 Å². The molecule has 2 aromatic rings. The topological polar surface area (TPSA) is 168 Å². The van der Waals surface area contributed by atoms with Crippen molar-refractivity contribution in [3.8, 4) is 5.75 Å². The molecule has 0 saturated carbocycles. The van der Waals surface area contributed by atoms with E-state index >= 15 is 0 Å². The van der Waals surface area contributed by atoms with Gasteiger partial charge in [-0.25, -0.2) is 4.79 Å². The highest BCUT2D eigenvalue weighted by molar-refractivity contribution is 6.35. The van der Waals surface area contributed by atoms with Crippen molar-refractivity contribution in [3.63, 3.8) is 0 Å². The second-order valence-electron chi connectivity index (χ2n) is 7.55. The Morgan fingerprint density at radius 3 is 2.15 bits per heavy atom. The normalized spacial score (nSPS) is 14.2. The summed E-state index contributed by atoms with van der Waals surface area (Å²) in [5, 5.41) is 24.2. The summed E-state index contributed by atoms with van der Waals surface area (Å²) >= 11 is 11.8. The Balaban J connectivity index is 2.26. The third-order valence-corrected chi connectivity index (χ3v) is 5.17. The molecule has 2 rings (SSSR count). The van der Waals surface area contributed by atoms with E-state index in [0.29, 0.717) is 0 Å². The molecule has 182 valence electrons. The summed E-state index contributed by atoms with van der Waals surface area (Å²) in [7, 11) is 0. The Morgan fingerprint density at radius 2 is 1.62 bits per heavy atom. The molecule has 3 atom stereocenters. The number of carboxylic acids is 2. The second kappa shape index (κ2) is 11.7. The van der Waals surface area contributed by atoms with E-state index in [1.807, 2.05) is 0 Å². The maximum atomic E-state index is 13.3. The van der Waals surface area contributed by atoms with E-state index < -0.39 is 54.3 Å². The number of carbonyl (C=O) groups is 4. The number of ketones is 1. The van der Waals surface area contributed by atoms with Crippen LogP contribution in [0.3, 0.4) is 0 Å². The standard InChI is InChI=1S/C22H23Cl2N3O7/c1-22(34-15-5-3-2-4-6-15,18(28)16(19(29)30)10-17(25)20(31)32)11-26-21(33)27-14-8-12(23)7-13(24)9-14/h2-9,16-17H,10-11,25H2,1H3,(H,29,30)(H,31,32)(H2,26,27,33)/t16?,17-,22?/m0/s1. The molecule has 0 heterocycles. The number of para-hydroxylation sites is 1. The predicted molar refractivity (Wildman–Crippen MR) is 125 cm³/mol. The molecule has 6 N–H and O–H groups in total. The number of carbonyl (C=O) groups excluding carboxylic acids is 2. The van der Waals surface area contributed by atoms with E-state index in [-0.39, 0.29) is 21.5 Å². The number of amides is 2. The number of Topliss-reactive ketones (excluding diaryl/α,β-unsaturated/α-hetero) is 1. The lowest BCUT2D eigenvalue weighted by molar-refractivity contribution is -0.153. The Hall–Kier alpha value is -3.34. The molecule has 0 aliphatic heterocycles. The molecule has 0 radical (unpaired) electrons. The predicted octanol–water partition coefficient (Wildman–Crippen LogP) is 3.02. The minimum absolute atomic E-state index is 0.230. The zero-order valence-corrected chi connectivity index (χ0v) is 19.5. The van der Waals surface area contributed by atoms with Gasteiger partial charge in [0.25, 0.3) is 0 Å². The summed E-state index contributed by atoms with van der Waals surface area (Å²) in [5.74, 6) is -5.55. The minimum atomic E-state index is -1.88. The molecular weight excluding hydrogens is 489 g/mol. The number of nitrogens with two attached hydrogens (primary N) is 1. The van der Waals surface area contributed by atoms with Gasteiger partial charge in [0.2, 0.25) is 0 Å². The molecule has 0 saturated heterocycles. The number of nitrogens with one attached hydrogen (secondary N) is 2. The van der Waals surface area contributed by atoms with Crippen molar-refractivity contribution < 1.29 is 34.1 Å². The quantitative estimate of drug-likeness (QED) is 0.286. The molecule has 0 aliphatic carbocycles. The van der Waals surface area contributed by atoms with E-state index in [0.717, 1.165) is 0 Å². The van der Waals surface area contributed by atoms with Crippen molar-refractivity contribution >= 4 is 52.6 Å². The number of halogens is 2. The minimum Gasteiger partial charge on any atom is -0.481 e. The summed E-state index contributed by atoms with van der Waals surface area (Å²) in [6.07, 6.45) is -0.662. The van der Waals surface area contributed by atoms with Gasteiger partial charge in [-0.15, -0.1) is 0 Å². The SMILES string of the molecule is CC(CNC(=O)Nc1cc(Cl)cc(Cl)c1)(Oc1ccccc1)C(=O)C(C[C@H](N)C(=O)O)C(=O)O. The molecule has 2 amide bonds. The van der Waals surface area contributed by atoms with Gasteiger partial charge in [0.1, 0.15) is 17.7 Å². The van der Waals surface area contributed by atoms with Crippen LogP contribution in [0.1, 0.15) is 13.3 Å². The highest BCUT2D eigenvalue weighted by Crippen LogP contribution is 2.25. The third-order valence-electron chi connectivity index (χ3n) is 4.74. The van der Waals surface area contributed by atoms with Gasteiger partial charge >= 0.3 is 18.0 Å². The molecule has 0 fully saturated rings. The Labute approximate surface area is 205 Å². The number of anilines is 1. The van der Waals surface area contributed by atoms with Crippen LogP contribution in [-0.2, 0) is 14.4 Å². The smallest absolute Gasteiger partial charge is 0.320 e. The fourth-order valence-electron chi connectivity index (χ4n) is 3.02. The molecule has 0 bridgehead atoms. The molecular formula is C22H23Cl2N3O7. The summed E-state index contributed by atoms with van der Waals surface area (Å²) < 4.78 is 5.79. The number of benzene rings is 2. The lowest BCUT2D eigenvalue weighted by Crippen LogP contribution is -2.55. The summed E-state index contributed by atoms with van der Waals surface area (Å²) in [6, 6.07) is 10.1. The fraction of sp³-hybridized carbons (Fsp3) is 0.273. The maximum Gasteiger partial charge on any atom is 0.320 e. The van der Waals surface area contributed by atoms with Crippen LogP contribution in [0, 0.1) is 5.92 Å². The number of rotatable bonds is 11. The lowest BCUT2D eigenvalue weighted by atomic mass is 9.85. The first-order valence-corrected chi connectivity index (χ1v) is 10.7. The maximum absolute atomic E-state index is 13.3. The molecule has 2 unspecified atom stereocenters. The van der Waals surface area contributed by atoms with Crippen LogP contribution in [0.25, 0.3) is 0 Å². The Morgan fingerprint density at radius 1 is 1.03 bits per heavy atom. The first kappa shape index (κ1) is 26.9. The van der Waals surface area contributed by atoms with Gasteiger partial charge in [-0.05, 0) is 43.7 Å². The van der Waals surface area contributed by atoms with Crippen molar-refractivity contribution in [2.24, 2.45) is 11.7 Å². The summed E-state index contributed by atoms with van der Waals surface area (Å²) in [5.41, 5.74) is 3.86. The number of carboxylic acid groups (broad SMARTS) is 2. The Kier molecular flexibility index (Phi) is 9.25. The molecule has 0 aromatic heterocycles. The van der Waals surface area contributed by atoms with E-state index in [9.17, 15) is 24.3 Å². The first-order valence-electron chi connectivity index (χ1n) is 9.92. The van der Waals surface area contributed by atoms with E-state index in [4.69, 9.17) is 38.8 Å². The van der Waals surface area contributed by atoms with Gasteiger partial charge in [0, 0.05) is 15.7 Å². The van der Waals surface area contributed by atoms with Crippen LogP contribution < -0.4 is 21.1 Å². The van der Waals surface area contributed by atoms with Gasteiger partial charge in [-0.3, -0.25) is 14.4 Å².